The Balaban J connectivity index is 2.35. The van der Waals surface area contributed by atoms with Crippen LogP contribution in [0.15, 0.2) is 11.6 Å². The zero-order chi connectivity index (χ0) is 19.8. The van der Waals surface area contributed by atoms with E-state index in [1.807, 2.05) is 6.92 Å². The van der Waals surface area contributed by atoms with Crippen molar-refractivity contribution in [2.24, 2.45) is 22.7 Å². The van der Waals surface area contributed by atoms with E-state index >= 15 is 0 Å². The van der Waals surface area contributed by atoms with Gasteiger partial charge in [-0.1, -0.05) is 32.8 Å². The van der Waals surface area contributed by atoms with E-state index in [0.29, 0.717) is 11.3 Å². The van der Waals surface area contributed by atoms with Gasteiger partial charge in [0, 0.05) is 18.9 Å². The SMILES string of the molecule is CC(=O)O[C@@]1(C)CC[C@H]2C(C)(C)CCC[C@]2(C)[C@H]1CC/C(C)=C/C(=O)O. The summed E-state index contributed by atoms with van der Waals surface area (Å²) < 4.78 is 5.91. The van der Waals surface area contributed by atoms with Gasteiger partial charge >= 0.3 is 11.9 Å². The van der Waals surface area contributed by atoms with Crippen molar-refractivity contribution in [2.45, 2.75) is 92.1 Å². The van der Waals surface area contributed by atoms with Crippen molar-refractivity contribution >= 4 is 11.9 Å². The van der Waals surface area contributed by atoms with Gasteiger partial charge in [0.2, 0.25) is 0 Å². The fourth-order valence-corrected chi connectivity index (χ4v) is 6.35. The first-order valence-corrected chi connectivity index (χ1v) is 10.0. The molecule has 26 heavy (non-hydrogen) atoms. The van der Waals surface area contributed by atoms with E-state index in [1.54, 1.807) is 0 Å². The summed E-state index contributed by atoms with van der Waals surface area (Å²) in [6.07, 6.45) is 8.50. The molecule has 2 rings (SSSR count). The molecule has 0 bridgehead atoms. The molecule has 2 fully saturated rings. The predicted octanol–water partition coefficient (Wildman–Crippen LogP) is 5.36. The molecule has 2 aliphatic rings. The third-order valence-electron chi connectivity index (χ3n) is 7.31. The van der Waals surface area contributed by atoms with E-state index in [2.05, 4.69) is 27.7 Å². The van der Waals surface area contributed by atoms with Gasteiger partial charge < -0.3 is 9.84 Å². The molecule has 0 aromatic carbocycles. The number of carboxylic acids is 1. The lowest BCUT2D eigenvalue weighted by atomic mass is 9.45. The Morgan fingerprint density at radius 1 is 1.12 bits per heavy atom. The van der Waals surface area contributed by atoms with Crippen LogP contribution in [-0.4, -0.2) is 22.6 Å². The minimum absolute atomic E-state index is 0.119. The highest BCUT2D eigenvalue weighted by molar-refractivity contribution is 5.80. The second kappa shape index (κ2) is 7.36. The number of carbonyl (C=O) groups excluding carboxylic acids is 1. The first kappa shape index (κ1) is 21.0. The largest absolute Gasteiger partial charge is 0.478 e. The molecule has 0 heterocycles. The van der Waals surface area contributed by atoms with E-state index in [0.717, 1.165) is 37.7 Å². The summed E-state index contributed by atoms with van der Waals surface area (Å²) in [5.41, 5.74) is 0.833. The molecule has 4 heteroatoms. The number of ether oxygens (including phenoxy) is 1. The Kier molecular flexibility index (Phi) is 5.94. The van der Waals surface area contributed by atoms with Crippen LogP contribution in [0.4, 0.5) is 0 Å². The Hall–Kier alpha value is -1.32. The first-order valence-electron chi connectivity index (χ1n) is 10.0. The fraction of sp³-hybridized carbons (Fsp3) is 0.818. The number of esters is 1. The standard InChI is InChI=1S/C22H36O4/c1-15(14-19(24)25)8-9-18-21(5)12-7-11-20(3,4)17(21)10-13-22(18,6)26-16(2)23/h14,17-18H,7-13H2,1-6H3,(H,24,25)/b15-14+/t17-,18+,21-,22-/m0/s1. The van der Waals surface area contributed by atoms with Crippen LogP contribution in [0, 0.1) is 22.7 Å². The van der Waals surface area contributed by atoms with E-state index < -0.39 is 11.6 Å². The quantitative estimate of drug-likeness (QED) is 0.527. The summed E-state index contributed by atoms with van der Waals surface area (Å²) in [5.74, 6) is -0.250. The average Bonchev–Trinajstić information content (AvgIpc) is 2.43. The molecule has 2 saturated carbocycles. The Labute approximate surface area is 158 Å². The Morgan fingerprint density at radius 2 is 1.77 bits per heavy atom. The number of hydrogen-bond donors (Lipinski definition) is 1. The second-order valence-electron chi connectivity index (χ2n) is 9.77. The third kappa shape index (κ3) is 4.15. The van der Waals surface area contributed by atoms with Crippen molar-refractivity contribution in [2.75, 3.05) is 0 Å². The van der Waals surface area contributed by atoms with Gasteiger partial charge in [0.25, 0.3) is 0 Å². The van der Waals surface area contributed by atoms with E-state index in [1.165, 1.54) is 25.8 Å². The molecule has 0 saturated heterocycles. The summed E-state index contributed by atoms with van der Waals surface area (Å²) in [7, 11) is 0. The average molecular weight is 365 g/mol. The third-order valence-corrected chi connectivity index (χ3v) is 7.31. The van der Waals surface area contributed by atoms with Crippen molar-refractivity contribution in [3.63, 3.8) is 0 Å². The second-order valence-corrected chi connectivity index (χ2v) is 9.77. The van der Waals surface area contributed by atoms with Gasteiger partial charge in [0.05, 0.1) is 0 Å². The van der Waals surface area contributed by atoms with Gasteiger partial charge in [-0.05, 0) is 69.1 Å². The molecule has 0 aromatic heterocycles. The molecule has 148 valence electrons. The number of aliphatic carboxylic acids is 1. The van der Waals surface area contributed by atoms with Gasteiger partial charge in [0.1, 0.15) is 5.60 Å². The maximum atomic E-state index is 11.8. The Bertz CT molecular complexity index is 591. The number of carboxylic acid groups (broad SMARTS) is 1. The molecular weight excluding hydrogens is 328 g/mol. The zero-order valence-corrected chi connectivity index (χ0v) is 17.4. The number of rotatable bonds is 5. The molecular formula is C22H36O4. The molecule has 1 N–H and O–H groups in total. The van der Waals surface area contributed by atoms with Crippen molar-refractivity contribution in [3.05, 3.63) is 11.6 Å². The van der Waals surface area contributed by atoms with Crippen LogP contribution in [0.25, 0.3) is 0 Å². The predicted molar refractivity (Wildman–Crippen MR) is 103 cm³/mol. The summed E-state index contributed by atoms with van der Waals surface area (Å²) in [6, 6.07) is 0. The fourth-order valence-electron chi connectivity index (χ4n) is 6.35. The van der Waals surface area contributed by atoms with Gasteiger partial charge in [-0.25, -0.2) is 4.79 Å². The molecule has 0 amide bonds. The van der Waals surface area contributed by atoms with Crippen molar-refractivity contribution in [1.82, 2.24) is 0 Å². The van der Waals surface area contributed by atoms with Crippen LogP contribution in [-0.2, 0) is 14.3 Å². The Morgan fingerprint density at radius 3 is 2.35 bits per heavy atom. The summed E-state index contributed by atoms with van der Waals surface area (Å²) >= 11 is 0. The van der Waals surface area contributed by atoms with Gasteiger partial charge in [0.15, 0.2) is 0 Å². The summed E-state index contributed by atoms with van der Waals surface area (Å²) in [5, 5.41) is 9.00. The summed E-state index contributed by atoms with van der Waals surface area (Å²) in [6.45, 7) is 12.6. The number of carbonyl (C=O) groups is 2. The van der Waals surface area contributed by atoms with Gasteiger partial charge in [-0.15, -0.1) is 0 Å². The van der Waals surface area contributed by atoms with Gasteiger partial charge in [-0.3, -0.25) is 4.79 Å². The minimum atomic E-state index is -0.892. The smallest absolute Gasteiger partial charge is 0.328 e. The maximum absolute atomic E-state index is 11.8. The molecule has 0 aliphatic heterocycles. The van der Waals surface area contributed by atoms with E-state index in [4.69, 9.17) is 9.84 Å². The van der Waals surface area contributed by atoms with Crippen LogP contribution < -0.4 is 0 Å². The van der Waals surface area contributed by atoms with Gasteiger partial charge in [-0.2, -0.15) is 0 Å². The highest BCUT2D eigenvalue weighted by Crippen LogP contribution is 2.63. The van der Waals surface area contributed by atoms with E-state index in [9.17, 15) is 9.59 Å². The highest BCUT2D eigenvalue weighted by atomic mass is 16.6. The van der Waals surface area contributed by atoms with Crippen LogP contribution in [0.1, 0.15) is 86.5 Å². The van der Waals surface area contributed by atoms with Crippen molar-refractivity contribution in [1.29, 1.82) is 0 Å². The molecule has 0 aromatic rings. The van der Waals surface area contributed by atoms with Crippen molar-refractivity contribution < 1.29 is 19.4 Å². The maximum Gasteiger partial charge on any atom is 0.328 e. The molecule has 0 radical (unpaired) electrons. The molecule has 4 atom stereocenters. The number of fused-ring (bicyclic) bond motifs is 1. The first-order chi connectivity index (χ1) is 11.9. The monoisotopic (exact) mass is 364 g/mol. The minimum Gasteiger partial charge on any atom is -0.478 e. The van der Waals surface area contributed by atoms with Crippen LogP contribution in [0.5, 0.6) is 0 Å². The lowest BCUT2D eigenvalue weighted by Gasteiger charge is -2.62. The topological polar surface area (TPSA) is 63.6 Å². The molecule has 0 spiro atoms. The van der Waals surface area contributed by atoms with E-state index in [-0.39, 0.29) is 17.3 Å². The van der Waals surface area contributed by atoms with Crippen LogP contribution in [0.2, 0.25) is 0 Å². The van der Waals surface area contributed by atoms with Crippen LogP contribution >= 0.6 is 0 Å². The summed E-state index contributed by atoms with van der Waals surface area (Å²) in [4.78, 5) is 22.8. The lowest BCUT2D eigenvalue weighted by Crippen LogP contribution is -2.58. The highest BCUT2D eigenvalue weighted by Gasteiger charge is 2.59. The van der Waals surface area contributed by atoms with Crippen molar-refractivity contribution in [3.8, 4) is 0 Å². The molecule has 4 nitrogen and oxygen atoms in total. The zero-order valence-electron chi connectivity index (χ0n) is 17.4. The number of hydrogen-bond acceptors (Lipinski definition) is 3. The normalized spacial score (nSPS) is 36.9. The van der Waals surface area contributed by atoms with Crippen LogP contribution in [0.3, 0.4) is 0 Å². The molecule has 2 aliphatic carbocycles. The lowest BCUT2D eigenvalue weighted by molar-refractivity contribution is -0.199. The molecule has 0 unspecified atom stereocenters. The number of allylic oxidation sites excluding steroid dienone is 1.